The summed E-state index contributed by atoms with van der Waals surface area (Å²) in [5.41, 5.74) is -0.449. The van der Waals surface area contributed by atoms with Gasteiger partial charge in [0.15, 0.2) is 0 Å². The van der Waals surface area contributed by atoms with Crippen LogP contribution in [0.4, 0.5) is 0 Å². The molecule has 20 heavy (non-hydrogen) atoms. The number of rotatable bonds is 7. The monoisotopic (exact) mass is 278 g/mol. The van der Waals surface area contributed by atoms with E-state index in [4.69, 9.17) is 0 Å². The van der Waals surface area contributed by atoms with Crippen LogP contribution in [-0.2, 0) is 0 Å². The lowest BCUT2D eigenvalue weighted by Gasteiger charge is -2.29. The van der Waals surface area contributed by atoms with Gasteiger partial charge in [0.25, 0.3) is 0 Å². The molecule has 0 radical (unpaired) electrons. The lowest BCUT2D eigenvalue weighted by atomic mass is 9.78. The van der Waals surface area contributed by atoms with Crippen LogP contribution in [0.1, 0.15) is 85.5 Å². The Bertz CT molecular complexity index is 310. The summed E-state index contributed by atoms with van der Waals surface area (Å²) < 4.78 is 0. The van der Waals surface area contributed by atoms with Crippen LogP contribution >= 0.6 is 0 Å². The Morgan fingerprint density at radius 3 is 2.35 bits per heavy atom. The molecule has 1 aliphatic rings. The predicted octanol–water partition coefficient (Wildman–Crippen LogP) is 5.17. The zero-order chi connectivity index (χ0) is 15.0. The maximum absolute atomic E-state index is 10.5. The van der Waals surface area contributed by atoms with Gasteiger partial charge in [0.05, 0.1) is 5.60 Å². The Morgan fingerprint density at radius 1 is 1.15 bits per heavy atom. The van der Waals surface area contributed by atoms with Crippen molar-refractivity contribution in [2.24, 2.45) is 17.8 Å². The van der Waals surface area contributed by atoms with Crippen molar-refractivity contribution in [2.75, 3.05) is 0 Å². The summed E-state index contributed by atoms with van der Waals surface area (Å²) in [5.74, 6) is 8.58. The molecule has 1 rings (SSSR count). The van der Waals surface area contributed by atoms with Crippen molar-refractivity contribution >= 4 is 0 Å². The number of hydrogen-bond donors (Lipinski definition) is 1. The number of aliphatic hydroxyl groups is 1. The van der Waals surface area contributed by atoms with Crippen LogP contribution in [0.15, 0.2) is 0 Å². The van der Waals surface area contributed by atoms with E-state index in [0.29, 0.717) is 5.92 Å². The van der Waals surface area contributed by atoms with Crippen molar-refractivity contribution in [2.45, 2.75) is 91.1 Å². The Morgan fingerprint density at radius 2 is 1.80 bits per heavy atom. The van der Waals surface area contributed by atoms with E-state index in [1.807, 2.05) is 13.8 Å². The predicted molar refractivity (Wildman–Crippen MR) is 87.4 cm³/mol. The Kier molecular flexibility index (Phi) is 7.67. The highest BCUT2D eigenvalue weighted by molar-refractivity contribution is 5.02. The molecule has 0 saturated heterocycles. The minimum Gasteiger partial charge on any atom is -0.390 e. The van der Waals surface area contributed by atoms with Gasteiger partial charge in [-0.1, -0.05) is 26.7 Å². The average Bonchev–Trinajstić information content (AvgIpc) is 2.38. The molecule has 0 aromatic heterocycles. The van der Waals surface area contributed by atoms with Gasteiger partial charge in [0.2, 0.25) is 0 Å². The second-order valence-corrected chi connectivity index (χ2v) is 7.43. The first-order valence-corrected chi connectivity index (χ1v) is 8.57. The quantitative estimate of drug-likeness (QED) is 0.637. The molecule has 1 nitrogen and oxygen atoms in total. The third-order valence-corrected chi connectivity index (χ3v) is 4.78. The van der Waals surface area contributed by atoms with Gasteiger partial charge in [-0.2, -0.15) is 0 Å². The number of hydrogen-bond acceptors (Lipinski definition) is 1. The van der Waals surface area contributed by atoms with Gasteiger partial charge in [0, 0.05) is 5.92 Å². The standard InChI is InChI=1S/C19H34O/c1-5-7-17-9-11-18(12-10-17)13-15-19(4,20)14-6-8-16(2)3/h16-18,20H,6,8-15H2,1-4H3. The minimum absolute atomic E-state index is 0.449. The van der Waals surface area contributed by atoms with E-state index in [2.05, 4.69) is 25.7 Å². The Labute approximate surface area is 126 Å². The SMILES string of the molecule is CC#CC1CCC(CCC(C)(O)CCCC(C)C)CC1. The van der Waals surface area contributed by atoms with Crippen molar-refractivity contribution in [3.63, 3.8) is 0 Å². The van der Waals surface area contributed by atoms with Crippen molar-refractivity contribution in [3.8, 4) is 11.8 Å². The highest BCUT2D eigenvalue weighted by Gasteiger charge is 2.24. The summed E-state index contributed by atoms with van der Waals surface area (Å²) in [6, 6.07) is 0. The fourth-order valence-electron chi connectivity index (χ4n) is 3.33. The third-order valence-electron chi connectivity index (χ3n) is 4.78. The largest absolute Gasteiger partial charge is 0.390 e. The molecule has 0 aromatic rings. The Hall–Kier alpha value is -0.480. The maximum Gasteiger partial charge on any atom is 0.0619 e. The van der Waals surface area contributed by atoms with E-state index in [-0.39, 0.29) is 0 Å². The van der Waals surface area contributed by atoms with E-state index in [1.165, 1.54) is 38.5 Å². The molecule has 1 aliphatic carbocycles. The zero-order valence-electron chi connectivity index (χ0n) is 14.0. The van der Waals surface area contributed by atoms with Gasteiger partial charge in [-0.05, 0) is 70.6 Å². The molecule has 1 heteroatoms. The molecule has 0 aromatic carbocycles. The lowest BCUT2D eigenvalue weighted by molar-refractivity contribution is 0.0301. The second-order valence-electron chi connectivity index (χ2n) is 7.43. The van der Waals surface area contributed by atoms with Crippen LogP contribution in [0.25, 0.3) is 0 Å². The van der Waals surface area contributed by atoms with E-state index in [0.717, 1.165) is 31.1 Å². The highest BCUT2D eigenvalue weighted by Crippen LogP contribution is 2.33. The lowest BCUT2D eigenvalue weighted by Crippen LogP contribution is -2.26. The fraction of sp³-hybridized carbons (Fsp3) is 0.895. The van der Waals surface area contributed by atoms with E-state index < -0.39 is 5.60 Å². The summed E-state index contributed by atoms with van der Waals surface area (Å²) in [6.45, 7) is 8.49. The summed E-state index contributed by atoms with van der Waals surface area (Å²) in [4.78, 5) is 0. The van der Waals surface area contributed by atoms with Gasteiger partial charge >= 0.3 is 0 Å². The van der Waals surface area contributed by atoms with Crippen molar-refractivity contribution < 1.29 is 5.11 Å². The summed E-state index contributed by atoms with van der Waals surface area (Å²) in [6.07, 6.45) is 10.7. The van der Waals surface area contributed by atoms with Crippen LogP contribution in [0, 0.1) is 29.6 Å². The highest BCUT2D eigenvalue weighted by atomic mass is 16.3. The molecule has 1 atom stereocenters. The normalized spacial score (nSPS) is 25.9. The molecular weight excluding hydrogens is 244 g/mol. The van der Waals surface area contributed by atoms with Crippen LogP contribution in [-0.4, -0.2) is 10.7 Å². The molecule has 0 amide bonds. The average molecular weight is 278 g/mol. The van der Waals surface area contributed by atoms with Crippen LogP contribution in [0.5, 0.6) is 0 Å². The second kappa shape index (κ2) is 8.73. The van der Waals surface area contributed by atoms with Gasteiger partial charge in [-0.15, -0.1) is 11.8 Å². The van der Waals surface area contributed by atoms with E-state index in [1.54, 1.807) is 0 Å². The maximum atomic E-state index is 10.5. The molecule has 1 unspecified atom stereocenters. The molecule has 0 spiro atoms. The zero-order valence-corrected chi connectivity index (χ0v) is 14.0. The van der Waals surface area contributed by atoms with Crippen LogP contribution < -0.4 is 0 Å². The van der Waals surface area contributed by atoms with Crippen molar-refractivity contribution in [1.29, 1.82) is 0 Å². The smallest absolute Gasteiger partial charge is 0.0619 e. The molecule has 1 N–H and O–H groups in total. The van der Waals surface area contributed by atoms with Gasteiger partial charge in [-0.3, -0.25) is 0 Å². The molecule has 0 bridgehead atoms. The van der Waals surface area contributed by atoms with Crippen molar-refractivity contribution in [3.05, 3.63) is 0 Å². The van der Waals surface area contributed by atoms with Crippen LogP contribution in [0.3, 0.4) is 0 Å². The topological polar surface area (TPSA) is 20.2 Å². The molecule has 0 heterocycles. The van der Waals surface area contributed by atoms with Gasteiger partial charge < -0.3 is 5.11 Å². The van der Waals surface area contributed by atoms with Gasteiger partial charge in [0.1, 0.15) is 0 Å². The fourth-order valence-corrected chi connectivity index (χ4v) is 3.33. The molecule has 116 valence electrons. The first-order valence-electron chi connectivity index (χ1n) is 8.57. The van der Waals surface area contributed by atoms with E-state index in [9.17, 15) is 5.11 Å². The molecular formula is C19H34O. The molecule has 0 aliphatic heterocycles. The summed E-state index contributed by atoms with van der Waals surface area (Å²) in [5, 5.41) is 10.5. The molecule has 1 fully saturated rings. The summed E-state index contributed by atoms with van der Waals surface area (Å²) >= 11 is 0. The van der Waals surface area contributed by atoms with Crippen molar-refractivity contribution in [1.82, 2.24) is 0 Å². The molecule has 1 saturated carbocycles. The van der Waals surface area contributed by atoms with Gasteiger partial charge in [-0.25, -0.2) is 0 Å². The van der Waals surface area contributed by atoms with Crippen LogP contribution in [0.2, 0.25) is 0 Å². The summed E-state index contributed by atoms with van der Waals surface area (Å²) in [7, 11) is 0. The van der Waals surface area contributed by atoms with E-state index >= 15 is 0 Å². The minimum atomic E-state index is -0.449. The first-order chi connectivity index (χ1) is 9.43. The Balaban J connectivity index is 2.20. The third kappa shape index (κ3) is 7.34. The first kappa shape index (κ1) is 17.6.